The van der Waals surface area contributed by atoms with E-state index in [9.17, 15) is 28.8 Å². The van der Waals surface area contributed by atoms with E-state index in [2.05, 4.69) is 38.4 Å². The lowest BCUT2D eigenvalue weighted by molar-refractivity contribution is -0.137. The van der Waals surface area contributed by atoms with Gasteiger partial charge in [-0.3, -0.25) is 39.4 Å². The van der Waals surface area contributed by atoms with Crippen LogP contribution in [-0.2, 0) is 31.1 Å². The van der Waals surface area contributed by atoms with Gasteiger partial charge in [0, 0.05) is 57.5 Å². The minimum atomic E-state index is -1.38. The van der Waals surface area contributed by atoms with Gasteiger partial charge in [-0.2, -0.15) is 0 Å². The van der Waals surface area contributed by atoms with Crippen LogP contribution < -0.4 is 26.6 Å². The Bertz CT molecular complexity index is 2620. The van der Waals surface area contributed by atoms with Gasteiger partial charge < -0.3 is 20.9 Å². The van der Waals surface area contributed by atoms with Crippen LogP contribution >= 0.6 is 23.2 Å². The van der Waals surface area contributed by atoms with Crippen LogP contribution in [0.2, 0.25) is 10.0 Å². The maximum Gasteiger partial charge on any atom is 0.255 e. The van der Waals surface area contributed by atoms with Crippen molar-refractivity contribution in [1.29, 1.82) is 0 Å². The Labute approximate surface area is 360 Å². The summed E-state index contributed by atoms with van der Waals surface area (Å²) >= 11 is 12.7. The summed E-state index contributed by atoms with van der Waals surface area (Å²) in [7, 11) is 0. The van der Waals surface area contributed by atoms with Crippen LogP contribution in [0.1, 0.15) is 93.8 Å². The van der Waals surface area contributed by atoms with Crippen molar-refractivity contribution in [1.82, 2.24) is 20.9 Å². The lowest BCUT2D eigenvalue weighted by Crippen LogP contribution is -2.60. The van der Waals surface area contributed by atoms with E-state index in [4.69, 9.17) is 23.2 Å². The molecule has 5 N–H and O–H groups in total. The summed E-state index contributed by atoms with van der Waals surface area (Å²) in [5, 5.41) is 15.0. The molecule has 1 aliphatic carbocycles. The number of benzene rings is 4. The normalized spacial score (nSPS) is 23.5. The van der Waals surface area contributed by atoms with Gasteiger partial charge in [0.15, 0.2) is 0 Å². The van der Waals surface area contributed by atoms with Crippen molar-refractivity contribution in [2.24, 2.45) is 0 Å². The average molecular weight is 862 g/mol. The zero-order valence-corrected chi connectivity index (χ0v) is 34.1. The fourth-order valence-corrected chi connectivity index (χ4v) is 10.6. The van der Waals surface area contributed by atoms with E-state index >= 15 is 4.39 Å². The molecular weight excluding hydrogens is 822 g/mol. The van der Waals surface area contributed by atoms with Gasteiger partial charge in [-0.1, -0.05) is 78.6 Å². The number of imide groups is 1. The van der Waals surface area contributed by atoms with Gasteiger partial charge in [-0.15, -0.1) is 0 Å². The van der Waals surface area contributed by atoms with Gasteiger partial charge in [0.25, 0.3) is 11.8 Å². The van der Waals surface area contributed by atoms with Gasteiger partial charge in [0.05, 0.1) is 17.6 Å². The number of piperidine rings is 1. The molecule has 310 valence electrons. The quantitative estimate of drug-likeness (QED) is 0.118. The van der Waals surface area contributed by atoms with Crippen LogP contribution in [0.15, 0.2) is 78.9 Å². The number of fused-ring (bicyclic) bond motifs is 4. The van der Waals surface area contributed by atoms with Gasteiger partial charge in [0.1, 0.15) is 17.3 Å². The zero-order chi connectivity index (χ0) is 42.6. The molecule has 2 saturated heterocycles. The molecule has 0 bridgehead atoms. The molecule has 0 aromatic heterocycles. The Morgan fingerprint density at radius 1 is 0.918 bits per heavy atom. The monoisotopic (exact) mass is 860 g/mol. The number of amides is 6. The number of hydrogen-bond acceptors (Lipinski definition) is 7. The topological polar surface area (TPSA) is 166 Å². The highest BCUT2D eigenvalue weighted by atomic mass is 35.5. The Kier molecular flexibility index (Phi) is 10.4. The predicted molar refractivity (Wildman–Crippen MR) is 225 cm³/mol. The second kappa shape index (κ2) is 15.8. The molecule has 61 heavy (non-hydrogen) atoms. The van der Waals surface area contributed by atoms with E-state index in [0.717, 1.165) is 19.3 Å². The summed E-state index contributed by atoms with van der Waals surface area (Å²) in [5.74, 6) is 1.88. The van der Waals surface area contributed by atoms with Crippen LogP contribution in [0.25, 0.3) is 0 Å². The first kappa shape index (κ1) is 40.3. The summed E-state index contributed by atoms with van der Waals surface area (Å²) in [6.07, 6.45) is 4.13. The Morgan fingerprint density at radius 2 is 1.69 bits per heavy atom. The van der Waals surface area contributed by atoms with Crippen molar-refractivity contribution in [2.75, 3.05) is 17.2 Å². The molecule has 15 heteroatoms. The van der Waals surface area contributed by atoms with Gasteiger partial charge in [-0.05, 0) is 90.6 Å². The molecule has 9 rings (SSSR count). The third-order valence-corrected chi connectivity index (χ3v) is 13.4. The van der Waals surface area contributed by atoms with Gasteiger partial charge in [-0.25, -0.2) is 4.39 Å². The second-order valence-electron chi connectivity index (χ2n) is 16.1. The summed E-state index contributed by atoms with van der Waals surface area (Å²) in [6.45, 7) is 0.170. The minimum Gasteiger partial charge on any atom is -0.341 e. The first-order valence-corrected chi connectivity index (χ1v) is 20.9. The number of carbonyl (C=O) groups is 6. The molecule has 4 aliphatic heterocycles. The molecule has 4 aromatic rings. The van der Waals surface area contributed by atoms with Crippen LogP contribution in [-0.4, -0.2) is 64.5 Å². The fourth-order valence-electron chi connectivity index (χ4n) is 10.2. The van der Waals surface area contributed by atoms with E-state index in [1.165, 1.54) is 11.0 Å². The standard InChI is InChI=1S/C46H39Cl2FN6O6/c47-27-14-17-32-34(23-27)52-44(61)46(32)37(30-10-5-11-33(48)38(30)49)39(54-45(46)20-2-1-3-21-45)42(59)51-28-15-12-26(13-16-28)40(57)50-22-6-8-25-7-4-9-29-31(25)24-55(43(29)60)35-18-19-36(56)53-41(35)58/h4-5,7,9-17,23,35,37,39,54H,1-3,18-22,24H2,(H,50,57)(H,51,59)(H,52,61)(H,53,56,58)/t35?,37-,39+,46+/m0/s1. The van der Waals surface area contributed by atoms with Crippen molar-refractivity contribution in [2.45, 2.75) is 80.4 Å². The third-order valence-electron chi connectivity index (χ3n) is 12.9. The van der Waals surface area contributed by atoms with Crippen molar-refractivity contribution >= 4 is 70.0 Å². The first-order valence-electron chi connectivity index (χ1n) is 20.2. The number of nitrogens with one attached hydrogen (secondary N) is 5. The minimum absolute atomic E-state index is 0.00694. The second-order valence-corrected chi connectivity index (χ2v) is 17.0. The van der Waals surface area contributed by atoms with Crippen LogP contribution in [0.4, 0.5) is 15.8 Å². The molecule has 0 radical (unpaired) electrons. The smallest absolute Gasteiger partial charge is 0.255 e. The lowest BCUT2D eigenvalue weighted by atomic mass is 9.55. The van der Waals surface area contributed by atoms with Gasteiger partial charge in [0.2, 0.25) is 23.6 Å². The van der Waals surface area contributed by atoms with E-state index < -0.39 is 52.5 Å². The maximum absolute atomic E-state index is 16.2. The van der Waals surface area contributed by atoms with Crippen molar-refractivity contribution in [3.05, 3.63) is 128 Å². The van der Waals surface area contributed by atoms with E-state index in [1.807, 2.05) is 0 Å². The number of anilines is 2. The molecule has 1 unspecified atom stereocenters. The molecule has 4 atom stereocenters. The SMILES string of the molecule is O=C1CCC(N2Cc3c(C#CCNC(=O)c4ccc(NC(=O)[C@@H]5NC6(CCCCC6)[C@@]6(C(=O)Nc7cc(Cl)ccc76)[C@H]5c5cccc(Cl)c5F)cc4)cccc3C2=O)C(=O)N1. The molecule has 4 aromatic carbocycles. The first-order chi connectivity index (χ1) is 29.4. The number of carbonyl (C=O) groups excluding carboxylic acids is 6. The predicted octanol–water partition coefficient (Wildman–Crippen LogP) is 5.96. The summed E-state index contributed by atoms with van der Waals surface area (Å²) in [5.41, 5.74) is 1.45. The van der Waals surface area contributed by atoms with E-state index in [1.54, 1.807) is 72.8 Å². The van der Waals surface area contributed by atoms with E-state index in [-0.39, 0.29) is 54.2 Å². The average Bonchev–Trinajstić information content (AvgIpc) is 3.84. The molecule has 12 nitrogen and oxygen atoms in total. The maximum atomic E-state index is 16.2. The highest BCUT2D eigenvalue weighted by Gasteiger charge is 2.72. The molecule has 2 spiro atoms. The molecule has 6 amide bonds. The number of halogens is 3. The number of nitrogens with zero attached hydrogens (tertiary/aromatic N) is 1. The van der Waals surface area contributed by atoms with Crippen molar-refractivity contribution in [3.8, 4) is 11.8 Å². The summed E-state index contributed by atoms with van der Waals surface area (Å²) in [6, 6.07) is 19.5. The van der Waals surface area contributed by atoms with Crippen molar-refractivity contribution < 1.29 is 33.2 Å². The van der Waals surface area contributed by atoms with Crippen LogP contribution in [0.3, 0.4) is 0 Å². The molecule has 5 aliphatic rings. The number of hydrogen-bond donors (Lipinski definition) is 5. The van der Waals surface area contributed by atoms with Crippen molar-refractivity contribution in [3.63, 3.8) is 0 Å². The highest BCUT2D eigenvalue weighted by Crippen LogP contribution is 2.63. The lowest BCUT2D eigenvalue weighted by Gasteiger charge is -2.47. The van der Waals surface area contributed by atoms with Gasteiger partial charge >= 0.3 is 0 Å². The third kappa shape index (κ3) is 6.74. The van der Waals surface area contributed by atoms with Crippen LogP contribution in [0.5, 0.6) is 0 Å². The Balaban J connectivity index is 0.917. The zero-order valence-electron chi connectivity index (χ0n) is 32.6. The highest BCUT2D eigenvalue weighted by molar-refractivity contribution is 6.31. The Hall–Kier alpha value is -6.07. The number of rotatable bonds is 6. The Morgan fingerprint density at radius 3 is 2.46 bits per heavy atom. The fraction of sp³-hybridized carbons (Fsp3) is 0.304. The summed E-state index contributed by atoms with van der Waals surface area (Å²) in [4.78, 5) is 81.0. The molecule has 4 heterocycles. The summed E-state index contributed by atoms with van der Waals surface area (Å²) < 4.78 is 16.2. The molecular formula is C46H39Cl2FN6O6. The van der Waals surface area contributed by atoms with E-state index in [0.29, 0.717) is 57.1 Å². The van der Waals surface area contributed by atoms with Crippen LogP contribution in [0, 0.1) is 17.7 Å². The molecule has 3 fully saturated rings. The molecule has 1 saturated carbocycles. The largest absolute Gasteiger partial charge is 0.341 e.